The molecule has 1 atom stereocenters. The molecule has 5 amide bonds. The average molecular weight is 522 g/mol. The second kappa shape index (κ2) is 14.4. The second-order valence-electron chi connectivity index (χ2n) is 8.09. The largest absolute Gasteiger partial charge is 0.483 e. The summed E-state index contributed by atoms with van der Waals surface area (Å²) in [6, 6.07) is 3.36. The third-order valence-electron chi connectivity index (χ3n) is 5.53. The van der Waals surface area contributed by atoms with E-state index < -0.39 is 35.6 Å². The van der Waals surface area contributed by atoms with Crippen LogP contribution in [0.2, 0.25) is 0 Å². The summed E-state index contributed by atoms with van der Waals surface area (Å²) in [5.74, 6) is -2.89. The lowest BCUT2D eigenvalue weighted by Gasteiger charge is -2.27. The van der Waals surface area contributed by atoms with Crippen LogP contribution in [0.15, 0.2) is 18.2 Å². The Morgan fingerprint density at radius 3 is 2.32 bits per heavy atom. The van der Waals surface area contributed by atoms with Crippen molar-refractivity contribution < 1.29 is 47.7 Å². The Bertz CT molecular complexity index is 999. The maximum absolute atomic E-state index is 13.0. The van der Waals surface area contributed by atoms with Crippen LogP contribution in [0, 0.1) is 0 Å². The van der Waals surface area contributed by atoms with Gasteiger partial charge in [-0.3, -0.25) is 34.2 Å². The summed E-state index contributed by atoms with van der Waals surface area (Å²) in [7, 11) is 1.60. The van der Waals surface area contributed by atoms with E-state index in [-0.39, 0.29) is 49.5 Å². The standard InChI is InChI=1S/C24H31N3O10/c1-33-9-10-35-13-14-36-12-11-34-8-7-25-20(29)15-37-18-4-2-3-16-21(18)24(32)27(23(16)31)17-5-6-19(28)26-22(17)30/h2-4,17H,5-15H2,1H3,(H,25,29)(H,26,28,30). The van der Waals surface area contributed by atoms with Gasteiger partial charge in [-0.15, -0.1) is 0 Å². The molecular weight excluding hydrogens is 490 g/mol. The fourth-order valence-electron chi connectivity index (χ4n) is 3.75. The Kier molecular flexibility index (Phi) is 11.0. The molecule has 1 fully saturated rings. The predicted octanol–water partition coefficient (Wildman–Crippen LogP) is -0.721. The first-order valence-electron chi connectivity index (χ1n) is 11.9. The lowest BCUT2D eigenvalue weighted by atomic mass is 10.0. The number of carbonyl (C=O) groups is 5. The van der Waals surface area contributed by atoms with Crippen molar-refractivity contribution in [1.29, 1.82) is 0 Å². The van der Waals surface area contributed by atoms with Gasteiger partial charge in [0.1, 0.15) is 11.8 Å². The quantitative estimate of drug-likeness (QED) is 0.210. The van der Waals surface area contributed by atoms with Crippen LogP contribution in [0.1, 0.15) is 33.6 Å². The number of benzene rings is 1. The summed E-state index contributed by atoms with van der Waals surface area (Å²) in [5, 5.41) is 4.78. The van der Waals surface area contributed by atoms with E-state index in [1.165, 1.54) is 18.2 Å². The van der Waals surface area contributed by atoms with Crippen LogP contribution in [0.4, 0.5) is 0 Å². The van der Waals surface area contributed by atoms with Crippen molar-refractivity contribution in [3.05, 3.63) is 29.3 Å². The van der Waals surface area contributed by atoms with Crippen molar-refractivity contribution in [2.75, 3.05) is 66.5 Å². The molecule has 0 aromatic heterocycles. The van der Waals surface area contributed by atoms with E-state index in [4.69, 9.17) is 23.7 Å². The molecular formula is C24H31N3O10. The maximum Gasteiger partial charge on any atom is 0.266 e. The molecule has 1 unspecified atom stereocenters. The normalized spacial score (nSPS) is 17.1. The van der Waals surface area contributed by atoms with E-state index in [9.17, 15) is 24.0 Å². The van der Waals surface area contributed by atoms with Crippen LogP contribution in [0.3, 0.4) is 0 Å². The van der Waals surface area contributed by atoms with Crippen molar-refractivity contribution in [2.24, 2.45) is 0 Å². The zero-order chi connectivity index (χ0) is 26.6. The van der Waals surface area contributed by atoms with Crippen molar-refractivity contribution in [3.63, 3.8) is 0 Å². The average Bonchev–Trinajstić information content (AvgIpc) is 3.13. The third kappa shape index (κ3) is 7.79. The highest BCUT2D eigenvalue weighted by Crippen LogP contribution is 2.33. The number of amides is 5. The number of fused-ring (bicyclic) bond motifs is 1. The number of ether oxygens (including phenoxy) is 5. The van der Waals surface area contributed by atoms with Crippen LogP contribution in [-0.2, 0) is 33.3 Å². The molecule has 37 heavy (non-hydrogen) atoms. The molecule has 0 aliphatic carbocycles. The summed E-state index contributed by atoms with van der Waals surface area (Å²) in [6.45, 7) is 2.86. The topological polar surface area (TPSA) is 159 Å². The second-order valence-corrected chi connectivity index (χ2v) is 8.09. The van der Waals surface area contributed by atoms with Gasteiger partial charge in [0.25, 0.3) is 17.7 Å². The Morgan fingerprint density at radius 2 is 1.65 bits per heavy atom. The lowest BCUT2D eigenvalue weighted by molar-refractivity contribution is -0.136. The van der Waals surface area contributed by atoms with Crippen LogP contribution >= 0.6 is 0 Å². The molecule has 0 radical (unpaired) electrons. The maximum atomic E-state index is 13.0. The van der Waals surface area contributed by atoms with E-state index >= 15 is 0 Å². The molecule has 0 bridgehead atoms. The van der Waals surface area contributed by atoms with Gasteiger partial charge in [0.15, 0.2) is 6.61 Å². The van der Waals surface area contributed by atoms with E-state index in [0.717, 1.165) is 4.90 Å². The highest BCUT2D eigenvalue weighted by molar-refractivity contribution is 6.24. The highest BCUT2D eigenvalue weighted by atomic mass is 16.6. The number of nitrogens with zero attached hydrogens (tertiary/aromatic N) is 1. The van der Waals surface area contributed by atoms with Crippen molar-refractivity contribution in [1.82, 2.24) is 15.5 Å². The third-order valence-corrected chi connectivity index (χ3v) is 5.53. The van der Waals surface area contributed by atoms with Gasteiger partial charge in [0.2, 0.25) is 11.8 Å². The van der Waals surface area contributed by atoms with Gasteiger partial charge in [-0.05, 0) is 18.6 Å². The van der Waals surface area contributed by atoms with E-state index in [2.05, 4.69) is 10.6 Å². The number of nitrogens with one attached hydrogen (secondary N) is 2. The van der Waals surface area contributed by atoms with Gasteiger partial charge in [-0.25, -0.2) is 0 Å². The first kappa shape index (κ1) is 28.2. The zero-order valence-corrected chi connectivity index (χ0v) is 20.6. The molecule has 1 aromatic carbocycles. The number of rotatable bonds is 16. The molecule has 0 spiro atoms. The van der Waals surface area contributed by atoms with Crippen LogP contribution in [0.5, 0.6) is 5.75 Å². The Labute approximate surface area is 213 Å². The molecule has 2 N–H and O–H groups in total. The molecule has 202 valence electrons. The van der Waals surface area contributed by atoms with Crippen molar-refractivity contribution >= 4 is 29.5 Å². The molecule has 3 rings (SSSR count). The molecule has 1 aromatic rings. The van der Waals surface area contributed by atoms with Crippen LogP contribution in [-0.4, -0.2) is 107 Å². The molecule has 0 saturated carbocycles. The Morgan fingerprint density at radius 1 is 0.973 bits per heavy atom. The molecule has 2 aliphatic rings. The van der Waals surface area contributed by atoms with E-state index in [0.29, 0.717) is 39.6 Å². The Balaban J connectivity index is 1.37. The van der Waals surface area contributed by atoms with Gasteiger partial charge >= 0.3 is 0 Å². The predicted molar refractivity (Wildman–Crippen MR) is 126 cm³/mol. The number of imide groups is 2. The minimum Gasteiger partial charge on any atom is -0.483 e. The number of piperidine rings is 1. The number of hydrogen-bond acceptors (Lipinski definition) is 10. The summed E-state index contributed by atoms with van der Waals surface area (Å²) in [5.41, 5.74) is 0.0576. The fraction of sp³-hybridized carbons (Fsp3) is 0.542. The molecule has 13 heteroatoms. The van der Waals surface area contributed by atoms with Gasteiger partial charge < -0.3 is 29.0 Å². The lowest BCUT2D eigenvalue weighted by Crippen LogP contribution is -2.54. The fourth-order valence-corrected chi connectivity index (χ4v) is 3.75. The van der Waals surface area contributed by atoms with Gasteiger partial charge in [-0.1, -0.05) is 6.07 Å². The number of hydrogen-bond donors (Lipinski definition) is 2. The molecule has 2 heterocycles. The number of methoxy groups -OCH3 is 1. The summed E-state index contributed by atoms with van der Waals surface area (Å²) in [6.07, 6.45) is 0.0700. The van der Waals surface area contributed by atoms with Crippen molar-refractivity contribution in [3.8, 4) is 5.75 Å². The summed E-state index contributed by atoms with van der Waals surface area (Å²) < 4.78 is 26.4. The number of carbonyl (C=O) groups excluding carboxylic acids is 5. The minimum absolute atomic E-state index is 0.0163. The summed E-state index contributed by atoms with van der Waals surface area (Å²) >= 11 is 0. The van der Waals surface area contributed by atoms with Gasteiger partial charge in [0, 0.05) is 20.1 Å². The monoisotopic (exact) mass is 521 g/mol. The van der Waals surface area contributed by atoms with Crippen LogP contribution in [0.25, 0.3) is 0 Å². The van der Waals surface area contributed by atoms with Crippen LogP contribution < -0.4 is 15.4 Å². The summed E-state index contributed by atoms with van der Waals surface area (Å²) in [4.78, 5) is 62.5. The van der Waals surface area contributed by atoms with E-state index in [1.54, 1.807) is 7.11 Å². The van der Waals surface area contributed by atoms with Gasteiger partial charge in [0.05, 0.1) is 57.4 Å². The smallest absolute Gasteiger partial charge is 0.266 e. The molecule has 13 nitrogen and oxygen atoms in total. The van der Waals surface area contributed by atoms with Gasteiger partial charge in [-0.2, -0.15) is 0 Å². The van der Waals surface area contributed by atoms with E-state index in [1.807, 2.05) is 0 Å². The highest BCUT2D eigenvalue weighted by Gasteiger charge is 2.46. The van der Waals surface area contributed by atoms with Crippen molar-refractivity contribution in [2.45, 2.75) is 18.9 Å². The molecule has 1 saturated heterocycles. The first-order valence-corrected chi connectivity index (χ1v) is 11.9. The zero-order valence-electron chi connectivity index (χ0n) is 20.6. The molecule has 2 aliphatic heterocycles. The SMILES string of the molecule is COCCOCCOCCOCCNC(=O)COc1cccc2c1C(=O)N(C1CCC(=O)NC1=O)C2=O. The minimum atomic E-state index is -1.08. The Hall–Kier alpha value is -3.39. The first-order chi connectivity index (χ1) is 17.9.